The number of rotatable bonds is 5. The van der Waals surface area contributed by atoms with E-state index in [1.165, 1.54) is 5.56 Å². The second-order valence-electron chi connectivity index (χ2n) is 5.48. The van der Waals surface area contributed by atoms with Gasteiger partial charge in [0.2, 0.25) is 5.91 Å². The minimum absolute atomic E-state index is 0. The average molecular weight is 313 g/mol. The lowest BCUT2D eigenvalue weighted by Crippen LogP contribution is -2.45. The number of ether oxygens (including phenoxy) is 1. The molecule has 2 N–H and O–H groups in total. The highest BCUT2D eigenvalue weighted by Gasteiger charge is 2.15. The predicted molar refractivity (Wildman–Crippen MR) is 87.3 cm³/mol. The van der Waals surface area contributed by atoms with Gasteiger partial charge in [-0.15, -0.1) is 12.4 Å². The monoisotopic (exact) mass is 312 g/mol. The fraction of sp³-hybridized carbons (Fsp3) is 0.562. The van der Waals surface area contributed by atoms with E-state index in [4.69, 9.17) is 4.74 Å². The first kappa shape index (κ1) is 17.8. The second kappa shape index (κ2) is 8.90. The van der Waals surface area contributed by atoms with Gasteiger partial charge in [0.25, 0.3) is 0 Å². The summed E-state index contributed by atoms with van der Waals surface area (Å²) in [5.41, 5.74) is 2.27. The van der Waals surface area contributed by atoms with Crippen molar-refractivity contribution in [2.45, 2.75) is 39.2 Å². The molecule has 5 heteroatoms. The number of halogens is 1. The molecule has 1 unspecified atom stereocenters. The van der Waals surface area contributed by atoms with Crippen LogP contribution in [0, 0.1) is 13.8 Å². The van der Waals surface area contributed by atoms with E-state index in [1.54, 1.807) is 0 Å². The lowest BCUT2D eigenvalue weighted by atomic mass is 10.1. The number of amides is 1. The molecular formula is C16H25ClN2O2. The molecule has 0 radical (unpaired) electrons. The van der Waals surface area contributed by atoms with Gasteiger partial charge in [-0.05, 0) is 50.4 Å². The van der Waals surface area contributed by atoms with Crippen molar-refractivity contribution in [2.24, 2.45) is 0 Å². The highest BCUT2D eigenvalue weighted by atomic mass is 35.5. The number of aryl methyl sites for hydroxylation is 2. The van der Waals surface area contributed by atoms with Gasteiger partial charge < -0.3 is 15.4 Å². The first-order chi connectivity index (χ1) is 9.65. The molecule has 0 aromatic heterocycles. The van der Waals surface area contributed by atoms with Gasteiger partial charge in [-0.25, -0.2) is 0 Å². The third-order valence-electron chi connectivity index (χ3n) is 3.59. The summed E-state index contributed by atoms with van der Waals surface area (Å²) in [6, 6.07) is 6.39. The molecule has 1 amide bonds. The fourth-order valence-electron chi connectivity index (χ4n) is 2.39. The van der Waals surface area contributed by atoms with Crippen LogP contribution in [0.4, 0.5) is 0 Å². The summed E-state index contributed by atoms with van der Waals surface area (Å²) in [6.07, 6.45) is 2.60. The van der Waals surface area contributed by atoms with Crippen molar-refractivity contribution in [3.8, 4) is 5.75 Å². The topological polar surface area (TPSA) is 50.4 Å². The van der Waals surface area contributed by atoms with Crippen molar-refractivity contribution < 1.29 is 9.53 Å². The van der Waals surface area contributed by atoms with E-state index in [9.17, 15) is 4.79 Å². The molecule has 0 spiro atoms. The number of carbonyl (C=O) groups excluding carboxylic acids is 1. The minimum Gasteiger partial charge on any atom is -0.493 e. The molecule has 4 nitrogen and oxygen atoms in total. The standard InChI is InChI=1S/C16H24N2O2.ClH/c1-12-5-6-13(2)15(10-12)20-9-7-16(19)18-14-4-3-8-17-11-14;/h5-6,10,14,17H,3-4,7-9,11H2,1-2H3,(H,18,19);1H. The van der Waals surface area contributed by atoms with Crippen LogP contribution >= 0.6 is 12.4 Å². The van der Waals surface area contributed by atoms with Crippen LogP contribution in [0.2, 0.25) is 0 Å². The molecule has 1 saturated heterocycles. The third kappa shape index (κ3) is 5.94. The summed E-state index contributed by atoms with van der Waals surface area (Å²) < 4.78 is 5.70. The Balaban J connectivity index is 0.00000220. The number of benzene rings is 1. The van der Waals surface area contributed by atoms with Crippen LogP contribution < -0.4 is 15.4 Å². The number of piperidine rings is 1. The SMILES string of the molecule is Cc1ccc(C)c(OCCC(=O)NC2CCCNC2)c1.Cl. The second-order valence-corrected chi connectivity index (χ2v) is 5.48. The number of carbonyl (C=O) groups is 1. The maximum absolute atomic E-state index is 11.8. The van der Waals surface area contributed by atoms with E-state index < -0.39 is 0 Å². The Morgan fingerprint density at radius 3 is 2.95 bits per heavy atom. The summed E-state index contributed by atoms with van der Waals surface area (Å²) in [6.45, 7) is 6.42. The van der Waals surface area contributed by atoms with Crippen LogP contribution in [-0.2, 0) is 4.79 Å². The Kier molecular flexibility index (Phi) is 7.54. The first-order valence-corrected chi connectivity index (χ1v) is 7.35. The van der Waals surface area contributed by atoms with Gasteiger partial charge >= 0.3 is 0 Å². The highest BCUT2D eigenvalue weighted by Crippen LogP contribution is 2.19. The molecule has 1 atom stereocenters. The third-order valence-corrected chi connectivity index (χ3v) is 3.59. The van der Waals surface area contributed by atoms with E-state index in [1.807, 2.05) is 26.0 Å². The smallest absolute Gasteiger partial charge is 0.223 e. The van der Waals surface area contributed by atoms with Gasteiger partial charge in [0.05, 0.1) is 13.0 Å². The van der Waals surface area contributed by atoms with Crippen LogP contribution in [0.15, 0.2) is 18.2 Å². The Morgan fingerprint density at radius 2 is 2.24 bits per heavy atom. The molecule has 1 heterocycles. The zero-order chi connectivity index (χ0) is 14.4. The summed E-state index contributed by atoms with van der Waals surface area (Å²) in [5.74, 6) is 0.945. The van der Waals surface area contributed by atoms with E-state index in [-0.39, 0.29) is 24.4 Å². The molecule has 1 fully saturated rings. The van der Waals surface area contributed by atoms with Crippen molar-refractivity contribution in [3.05, 3.63) is 29.3 Å². The van der Waals surface area contributed by atoms with E-state index in [0.717, 1.165) is 37.2 Å². The molecule has 1 aliphatic heterocycles. The zero-order valence-corrected chi connectivity index (χ0v) is 13.6. The molecule has 1 aromatic rings. The summed E-state index contributed by atoms with van der Waals surface area (Å²) >= 11 is 0. The normalized spacial score (nSPS) is 17.7. The summed E-state index contributed by atoms with van der Waals surface area (Å²) in [5, 5.41) is 6.34. The van der Waals surface area contributed by atoms with Crippen LogP contribution in [-0.4, -0.2) is 31.6 Å². The van der Waals surface area contributed by atoms with E-state index in [0.29, 0.717) is 13.0 Å². The molecular weight excluding hydrogens is 288 g/mol. The Hall–Kier alpha value is -1.26. The van der Waals surface area contributed by atoms with Gasteiger partial charge in [-0.3, -0.25) is 4.79 Å². The van der Waals surface area contributed by atoms with Crippen LogP contribution in [0.25, 0.3) is 0 Å². The predicted octanol–water partition coefficient (Wildman–Crippen LogP) is 2.36. The molecule has 1 aliphatic rings. The van der Waals surface area contributed by atoms with Crippen molar-refractivity contribution in [3.63, 3.8) is 0 Å². The maximum Gasteiger partial charge on any atom is 0.223 e. The number of nitrogens with one attached hydrogen (secondary N) is 2. The maximum atomic E-state index is 11.8. The van der Waals surface area contributed by atoms with E-state index in [2.05, 4.69) is 16.7 Å². The lowest BCUT2D eigenvalue weighted by molar-refractivity contribution is -0.122. The van der Waals surface area contributed by atoms with Gasteiger partial charge in [0, 0.05) is 12.6 Å². The Morgan fingerprint density at radius 1 is 1.43 bits per heavy atom. The molecule has 0 saturated carbocycles. The van der Waals surface area contributed by atoms with Crippen molar-refractivity contribution in [2.75, 3.05) is 19.7 Å². The molecule has 0 bridgehead atoms. The minimum atomic E-state index is 0. The number of hydrogen-bond acceptors (Lipinski definition) is 3. The Bertz CT molecular complexity index is 460. The lowest BCUT2D eigenvalue weighted by Gasteiger charge is -2.23. The molecule has 1 aromatic carbocycles. The number of hydrogen-bond donors (Lipinski definition) is 2. The van der Waals surface area contributed by atoms with Crippen molar-refractivity contribution in [1.29, 1.82) is 0 Å². The van der Waals surface area contributed by atoms with Gasteiger partial charge in [0.15, 0.2) is 0 Å². The van der Waals surface area contributed by atoms with Crippen LogP contribution in [0.1, 0.15) is 30.4 Å². The molecule has 0 aliphatic carbocycles. The van der Waals surface area contributed by atoms with Crippen molar-refractivity contribution in [1.82, 2.24) is 10.6 Å². The van der Waals surface area contributed by atoms with Crippen LogP contribution in [0.5, 0.6) is 5.75 Å². The quantitative estimate of drug-likeness (QED) is 0.877. The molecule has 118 valence electrons. The Labute approximate surface area is 133 Å². The fourth-order valence-corrected chi connectivity index (χ4v) is 2.39. The molecule has 21 heavy (non-hydrogen) atoms. The summed E-state index contributed by atoms with van der Waals surface area (Å²) in [7, 11) is 0. The summed E-state index contributed by atoms with van der Waals surface area (Å²) in [4.78, 5) is 11.8. The largest absolute Gasteiger partial charge is 0.493 e. The first-order valence-electron chi connectivity index (χ1n) is 7.35. The van der Waals surface area contributed by atoms with Crippen molar-refractivity contribution >= 4 is 18.3 Å². The van der Waals surface area contributed by atoms with Gasteiger partial charge in [0.1, 0.15) is 5.75 Å². The van der Waals surface area contributed by atoms with Crippen LogP contribution in [0.3, 0.4) is 0 Å². The van der Waals surface area contributed by atoms with Gasteiger partial charge in [-0.1, -0.05) is 12.1 Å². The van der Waals surface area contributed by atoms with E-state index >= 15 is 0 Å². The zero-order valence-electron chi connectivity index (χ0n) is 12.8. The highest BCUT2D eigenvalue weighted by molar-refractivity contribution is 5.85. The molecule has 2 rings (SSSR count). The average Bonchev–Trinajstić information content (AvgIpc) is 2.44. The van der Waals surface area contributed by atoms with Gasteiger partial charge in [-0.2, -0.15) is 0 Å².